The number of hydrogen-bond acceptors (Lipinski definition) is 2. The first-order valence-electron chi connectivity index (χ1n) is 7.64. The van der Waals surface area contributed by atoms with Crippen LogP contribution >= 0.6 is 24.0 Å². The molecule has 1 fully saturated rings. The van der Waals surface area contributed by atoms with Gasteiger partial charge in [-0.05, 0) is 43.0 Å². The van der Waals surface area contributed by atoms with Crippen LogP contribution < -0.4 is 10.6 Å². The summed E-state index contributed by atoms with van der Waals surface area (Å²) in [5, 5.41) is 7.27. The summed E-state index contributed by atoms with van der Waals surface area (Å²) >= 11 is 6.02. The summed E-state index contributed by atoms with van der Waals surface area (Å²) in [5.74, 6) is 0.639. The Morgan fingerprint density at radius 2 is 2.18 bits per heavy atom. The molecule has 0 aliphatic carbocycles. The molecule has 22 heavy (non-hydrogen) atoms. The molecule has 1 saturated heterocycles. The zero-order chi connectivity index (χ0) is 15.5. The van der Waals surface area contributed by atoms with Crippen molar-refractivity contribution in [2.75, 3.05) is 13.1 Å². The van der Waals surface area contributed by atoms with E-state index in [1.54, 1.807) is 0 Å². The maximum Gasteiger partial charge on any atom is 0.226 e. The zero-order valence-corrected chi connectivity index (χ0v) is 15.1. The van der Waals surface area contributed by atoms with Gasteiger partial charge >= 0.3 is 0 Å². The predicted octanol–water partition coefficient (Wildman–Crippen LogP) is 3.44. The van der Waals surface area contributed by atoms with E-state index in [0.717, 1.165) is 25.1 Å². The van der Waals surface area contributed by atoms with Crippen molar-refractivity contribution in [2.24, 2.45) is 11.3 Å². The predicted molar refractivity (Wildman–Crippen MR) is 94.8 cm³/mol. The summed E-state index contributed by atoms with van der Waals surface area (Å²) in [4.78, 5) is 12.6. The fourth-order valence-corrected chi connectivity index (χ4v) is 3.00. The summed E-state index contributed by atoms with van der Waals surface area (Å²) < 4.78 is 0. The van der Waals surface area contributed by atoms with Crippen molar-refractivity contribution >= 4 is 29.9 Å². The van der Waals surface area contributed by atoms with Crippen molar-refractivity contribution in [3.05, 3.63) is 34.9 Å². The van der Waals surface area contributed by atoms with Crippen molar-refractivity contribution in [1.82, 2.24) is 10.6 Å². The lowest BCUT2D eigenvalue weighted by Crippen LogP contribution is -2.53. The SMILES string of the molecule is CC1CCNCC1NC(=O)C(C)(C)Cc1cccc(Cl)c1.Cl. The Morgan fingerprint density at radius 3 is 2.82 bits per heavy atom. The van der Waals surface area contributed by atoms with Crippen LogP contribution in [0.3, 0.4) is 0 Å². The largest absolute Gasteiger partial charge is 0.351 e. The Morgan fingerprint density at radius 1 is 1.45 bits per heavy atom. The molecule has 3 nitrogen and oxygen atoms in total. The van der Waals surface area contributed by atoms with Crippen LogP contribution in [0.5, 0.6) is 0 Å². The number of hydrogen-bond donors (Lipinski definition) is 2. The molecule has 1 aliphatic heterocycles. The molecule has 1 aliphatic rings. The summed E-state index contributed by atoms with van der Waals surface area (Å²) in [6, 6.07) is 7.96. The number of piperidine rings is 1. The van der Waals surface area contributed by atoms with E-state index in [1.807, 2.05) is 38.1 Å². The van der Waals surface area contributed by atoms with E-state index in [4.69, 9.17) is 11.6 Å². The van der Waals surface area contributed by atoms with Gasteiger partial charge in [0.2, 0.25) is 5.91 Å². The molecule has 1 heterocycles. The lowest BCUT2D eigenvalue weighted by Gasteiger charge is -2.33. The minimum atomic E-state index is -0.443. The summed E-state index contributed by atoms with van der Waals surface area (Å²) in [5.41, 5.74) is 0.652. The maximum absolute atomic E-state index is 12.6. The van der Waals surface area contributed by atoms with E-state index < -0.39 is 5.41 Å². The van der Waals surface area contributed by atoms with Crippen molar-refractivity contribution in [1.29, 1.82) is 0 Å². The third-order valence-electron chi connectivity index (χ3n) is 4.29. The molecule has 2 N–H and O–H groups in total. The summed E-state index contributed by atoms with van der Waals surface area (Å²) in [7, 11) is 0. The van der Waals surface area contributed by atoms with E-state index in [1.165, 1.54) is 0 Å². The molecule has 2 unspecified atom stereocenters. The van der Waals surface area contributed by atoms with Crippen LogP contribution in [-0.2, 0) is 11.2 Å². The Labute approximate surface area is 144 Å². The molecule has 0 saturated carbocycles. The molecule has 0 bridgehead atoms. The van der Waals surface area contributed by atoms with E-state index in [2.05, 4.69) is 17.6 Å². The molecule has 2 atom stereocenters. The highest BCUT2D eigenvalue weighted by molar-refractivity contribution is 6.30. The van der Waals surface area contributed by atoms with Gasteiger partial charge in [0.05, 0.1) is 0 Å². The fourth-order valence-electron chi connectivity index (χ4n) is 2.78. The Kier molecular flexibility index (Phi) is 7.17. The molecular formula is C17H26Cl2N2O. The number of amides is 1. The molecule has 124 valence electrons. The first kappa shape index (κ1) is 19.3. The van der Waals surface area contributed by atoms with Gasteiger partial charge in [0.15, 0.2) is 0 Å². The Hall–Kier alpha value is -0.770. The van der Waals surface area contributed by atoms with Crippen LogP contribution in [0, 0.1) is 11.3 Å². The van der Waals surface area contributed by atoms with Gasteiger partial charge in [-0.2, -0.15) is 0 Å². The molecule has 0 spiro atoms. The average Bonchev–Trinajstić information content (AvgIpc) is 2.40. The van der Waals surface area contributed by atoms with Crippen molar-refractivity contribution < 1.29 is 4.79 Å². The third-order valence-corrected chi connectivity index (χ3v) is 4.53. The van der Waals surface area contributed by atoms with Crippen molar-refractivity contribution in [2.45, 2.75) is 39.7 Å². The second-order valence-corrected chi connectivity index (χ2v) is 7.18. The Balaban J connectivity index is 0.00000242. The van der Waals surface area contributed by atoms with Gasteiger partial charge in [0, 0.05) is 23.0 Å². The average molecular weight is 345 g/mol. The molecular weight excluding hydrogens is 319 g/mol. The highest BCUT2D eigenvalue weighted by atomic mass is 35.5. The first-order chi connectivity index (χ1) is 9.88. The zero-order valence-electron chi connectivity index (χ0n) is 13.5. The van der Waals surface area contributed by atoms with Gasteiger partial charge in [-0.15, -0.1) is 12.4 Å². The molecule has 5 heteroatoms. The van der Waals surface area contributed by atoms with Crippen LogP contribution in [0.25, 0.3) is 0 Å². The van der Waals surface area contributed by atoms with E-state index >= 15 is 0 Å². The van der Waals surface area contributed by atoms with Crippen molar-refractivity contribution in [3.8, 4) is 0 Å². The van der Waals surface area contributed by atoms with E-state index in [-0.39, 0.29) is 24.4 Å². The molecule has 0 radical (unpaired) electrons. The van der Waals surface area contributed by atoms with Crippen LogP contribution in [-0.4, -0.2) is 25.0 Å². The minimum absolute atomic E-state index is 0. The van der Waals surface area contributed by atoms with Gasteiger partial charge in [-0.25, -0.2) is 0 Å². The van der Waals surface area contributed by atoms with Crippen LogP contribution in [0.2, 0.25) is 5.02 Å². The smallest absolute Gasteiger partial charge is 0.226 e. The standard InChI is InChI=1S/C17H25ClN2O.ClH/c1-12-7-8-19-11-15(12)20-16(21)17(2,3)10-13-5-4-6-14(18)9-13;/h4-6,9,12,15,19H,7-8,10-11H2,1-3H3,(H,20,21);1H. The number of carbonyl (C=O) groups is 1. The lowest BCUT2D eigenvalue weighted by molar-refractivity contribution is -0.130. The summed E-state index contributed by atoms with van der Waals surface area (Å²) in [6.07, 6.45) is 1.80. The highest BCUT2D eigenvalue weighted by Crippen LogP contribution is 2.25. The van der Waals surface area contributed by atoms with Gasteiger partial charge in [-0.1, -0.05) is 44.5 Å². The van der Waals surface area contributed by atoms with Crippen LogP contribution in [0.1, 0.15) is 32.8 Å². The minimum Gasteiger partial charge on any atom is -0.351 e. The normalized spacial score (nSPS) is 21.8. The lowest BCUT2D eigenvalue weighted by atomic mass is 9.83. The van der Waals surface area contributed by atoms with Gasteiger partial charge in [0.25, 0.3) is 0 Å². The number of halogens is 2. The van der Waals surface area contributed by atoms with Gasteiger partial charge < -0.3 is 10.6 Å². The maximum atomic E-state index is 12.6. The molecule has 1 amide bonds. The van der Waals surface area contributed by atoms with E-state index in [0.29, 0.717) is 17.4 Å². The molecule has 1 aromatic rings. The van der Waals surface area contributed by atoms with Crippen molar-refractivity contribution in [3.63, 3.8) is 0 Å². The second-order valence-electron chi connectivity index (χ2n) is 6.74. The summed E-state index contributed by atoms with van der Waals surface area (Å²) in [6.45, 7) is 8.09. The number of rotatable bonds is 4. The molecule has 0 aromatic heterocycles. The topological polar surface area (TPSA) is 41.1 Å². The van der Waals surface area contributed by atoms with Gasteiger partial charge in [0.1, 0.15) is 0 Å². The monoisotopic (exact) mass is 344 g/mol. The Bertz CT molecular complexity index is 505. The van der Waals surface area contributed by atoms with Gasteiger partial charge in [-0.3, -0.25) is 4.79 Å². The third kappa shape index (κ3) is 5.15. The second kappa shape index (κ2) is 8.19. The van der Waals surface area contributed by atoms with Crippen LogP contribution in [0.4, 0.5) is 0 Å². The van der Waals surface area contributed by atoms with Crippen LogP contribution in [0.15, 0.2) is 24.3 Å². The highest BCUT2D eigenvalue weighted by Gasteiger charge is 2.31. The quantitative estimate of drug-likeness (QED) is 0.878. The molecule has 2 rings (SSSR count). The fraction of sp³-hybridized carbons (Fsp3) is 0.588. The first-order valence-corrected chi connectivity index (χ1v) is 8.02. The number of carbonyl (C=O) groups excluding carboxylic acids is 1. The number of nitrogens with one attached hydrogen (secondary N) is 2. The molecule has 1 aromatic carbocycles. The number of benzene rings is 1. The van der Waals surface area contributed by atoms with E-state index in [9.17, 15) is 4.79 Å².